The topological polar surface area (TPSA) is 147 Å². The maximum absolute atomic E-state index is 14.3. The van der Waals surface area contributed by atoms with Gasteiger partial charge in [-0.3, -0.25) is 14.5 Å². The maximum atomic E-state index is 14.3. The number of nitrogens with zero attached hydrogens (tertiary/aromatic N) is 1. The highest BCUT2D eigenvalue weighted by Gasteiger charge is 2.60. The first-order valence-corrected chi connectivity index (χ1v) is 11.7. The largest absolute Gasteiger partial charge is 0.490 e. The highest BCUT2D eigenvalue weighted by atomic mass is 19.2. The molecule has 2 aliphatic rings. The van der Waals surface area contributed by atoms with Crippen LogP contribution in [0.15, 0.2) is 41.0 Å². The maximum Gasteiger partial charge on any atom is 0.336 e. The molecule has 2 saturated heterocycles. The van der Waals surface area contributed by atoms with Crippen LogP contribution in [-0.4, -0.2) is 69.1 Å². The van der Waals surface area contributed by atoms with Gasteiger partial charge in [-0.05, 0) is 44.2 Å². The van der Waals surface area contributed by atoms with Crippen LogP contribution in [0.2, 0.25) is 0 Å². The Bertz CT molecular complexity index is 1170. The number of esters is 1. The monoisotopic (exact) mass is 523 g/mol. The number of benzene rings is 1. The number of hydrogen-bond acceptors (Lipinski definition) is 8. The highest BCUT2D eigenvalue weighted by molar-refractivity contribution is 5.88. The Labute approximate surface area is 210 Å². The summed E-state index contributed by atoms with van der Waals surface area (Å²) in [5, 5.41) is 28.7. The molecule has 2 fully saturated rings. The molecule has 200 valence electrons. The van der Waals surface area contributed by atoms with Crippen molar-refractivity contribution in [3.8, 4) is 5.75 Å². The van der Waals surface area contributed by atoms with Crippen LogP contribution in [0.5, 0.6) is 5.75 Å². The predicted molar refractivity (Wildman–Crippen MR) is 120 cm³/mol. The van der Waals surface area contributed by atoms with E-state index in [1.807, 2.05) is 4.90 Å². The normalized spacial score (nSPS) is 26.9. The van der Waals surface area contributed by atoms with Gasteiger partial charge in [0, 0.05) is 18.4 Å². The van der Waals surface area contributed by atoms with Gasteiger partial charge in [-0.2, -0.15) is 4.39 Å². The van der Waals surface area contributed by atoms with Crippen LogP contribution in [-0.2, 0) is 19.1 Å². The minimum atomic E-state index is -2.87. The summed E-state index contributed by atoms with van der Waals surface area (Å²) >= 11 is 0. The Kier molecular flexibility index (Phi) is 7.24. The molecule has 2 aliphatic heterocycles. The third-order valence-corrected chi connectivity index (χ3v) is 7.38. The first-order valence-electron chi connectivity index (χ1n) is 11.7. The number of aliphatic carboxylic acids is 2. The van der Waals surface area contributed by atoms with E-state index in [1.54, 1.807) is 19.2 Å². The zero-order chi connectivity index (χ0) is 27.0. The third kappa shape index (κ3) is 5.03. The lowest BCUT2D eigenvalue weighted by Crippen LogP contribution is -2.60. The number of carboxylic acids is 2. The predicted octanol–water partition coefficient (Wildman–Crippen LogP) is 2.75. The Morgan fingerprint density at radius 1 is 1.19 bits per heavy atom. The van der Waals surface area contributed by atoms with Gasteiger partial charge in [0.15, 0.2) is 22.9 Å². The van der Waals surface area contributed by atoms with Gasteiger partial charge < -0.3 is 29.2 Å². The lowest BCUT2D eigenvalue weighted by atomic mass is 9.76. The molecule has 0 saturated carbocycles. The minimum absolute atomic E-state index is 0.0533. The molecular formula is C25H27F2NO9. The van der Waals surface area contributed by atoms with Crippen molar-refractivity contribution < 1.29 is 52.4 Å². The number of hydrogen-bond donors (Lipinski definition) is 3. The molecule has 4 rings (SSSR count). The molecule has 3 N–H and O–H groups in total. The number of carboxylic acid groups (broad SMARTS) is 2. The standard InChI is InChI=1S/C25H27F2NO9/c1-28-14-7-8-25(28,37-21(31)12-24(34,23(32)33)11-20(29)30)16(15(10-14)18-6-3-9-35-18)13-36-19-5-2-4-17(26)22(19)27/h2-6,9,14-16,34H,7-8,10-13H2,1H3,(H,29,30)(H,32,33)/t14?,15-,16+,24?,25?/m0/s1. The van der Waals surface area contributed by atoms with Gasteiger partial charge in [-0.25, -0.2) is 9.18 Å². The molecule has 10 nitrogen and oxygen atoms in total. The smallest absolute Gasteiger partial charge is 0.336 e. The Balaban J connectivity index is 1.66. The highest BCUT2D eigenvalue weighted by Crippen LogP contribution is 2.53. The summed E-state index contributed by atoms with van der Waals surface area (Å²) in [5.41, 5.74) is -4.24. The van der Waals surface area contributed by atoms with E-state index < -0.39 is 59.6 Å². The number of fused-ring (bicyclic) bond motifs is 2. The summed E-state index contributed by atoms with van der Waals surface area (Å²) in [6.45, 7) is -0.214. The van der Waals surface area contributed by atoms with E-state index in [-0.39, 0.29) is 24.3 Å². The van der Waals surface area contributed by atoms with Crippen molar-refractivity contribution in [3.63, 3.8) is 0 Å². The number of halogens is 2. The van der Waals surface area contributed by atoms with Crippen molar-refractivity contribution in [2.24, 2.45) is 5.92 Å². The van der Waals surface area contributed by atoms with Gasteiger partial charge in [-0.15, -0.1) is 0 Å². The molecule has 2 bridgehead atoms. The summed E-state index contributed by atoms with van der Waals surface area (Å²) in [6, 6.07) is 6.90. The SMILES string of the molecule is CN1C2CCC1(OC(=O)CC(O)(CC(=O)O)C(=O)O)[C@H](COc1cccc(F)c1F)[C@@H](c1ccco1)C2. The summed E-state index contributed by atoms with van der Waals surface area (Å²) in [5.74, 6) is -7.65. The second-order valence-corrected chi connectivity index (χ2v) is 9.53. The lowest BCUT2D eigenvalue weighted by molar-refractivity contribution is -0.213. The van der Waals surface area contributed by atoms with Crippen LogP contribution in [0.25, 0.3) is 0 Å². The molecule has 3 unspecified atom stereocenters. The van der Waals surface area contributed by atoms with E-state index in [1.165, 1.54) is 18.4 Å². The van der Waals surface area contributed by atoms with Crippen LogP contribution in [0, 0.1) is 17.6 Å². The molecule has 3 heterocycles. The van der Waals surface area contributed by atoms with Crippen LogP contribution in [0.1, 0.15) is 43.8 Å². The number of furan rings is 1. The lowest BCUT2D eigenvalue weighted by Gasteiger charge is -2.50. The Morgan fingerprint density at radius 2 is 1.95 bits per heavy atom. The zero-order valence-electron chi connectivity index (χ0n) is 19.9. The van der Waals surface area contributed by atoms with Crippen molar-refractivity contribution in [2.45, 2.75) is 55.4 Å². The average molecular weight is 523 g/mol. The first-order chi connectivity index (χ1) is 17.5. The van der Waals surface area contributed by atoms with E-state index in [9.17, 15) is 33.4 Å². The van der Waals surface area contributed by atoms with Gasteiger partial charge in [0.05, 0.1) is 31.6 Å². The fourth-order valence-corrected chi connectivity index (χ4v) is 5.52. The fourth-order valence-electron chi connectivity index (χ4n) is 5.52. The molecule has 2 aromatic rings. The van der Waals surface area contributed by atoms with E-state index in [2.05, 4.69) is 0 Å². The Morgan fingerprint density at radius 3 is 2.59 bits per heavy atom. The molecule has 1 aromatic heterocycles. The van der Waals surface area contributed by atoms with Crippen molar-refractivity contribution in [2.75, 3.05) is 13.7 Å². The number of carbonyl (C=O) groups excluding carboxylic acids is 1. The van der Waals surface area contributed by atoms with E-state index in [0.29, 0.717) is 25.0 Å². The van der Waals surface area contributed by atoms with Crippen molar-refractivity contribution in [1.29, 1.82) is 0 Å². The molecule has 0 amide bonds. The van der Waals surface area contributed by atoms with Crippen molar-refractivity contribution >= 4 is 17.9 Å². The van der Waals surface area contributed by atoms with Gasteiger partial charge in [0.25, 0.3) is 0 Å². The third-order valence-electron chi connectivity index (χ3n) is 7.38. The van der Waals surface area contributed by atoms with Gasteiger partial charge >= 0.3 is 17.9 Å². The van der Waals surface area contributed by atoms with E-state index >= 15 is 0 Å². The van der Waals surface area contributed by atoms with E-state index in [4.69, 9.17) is 19.0 Å². The van der Waals surface area contributed by atoms with Gasteiger partial charge in [0.1, 0.15) is 5.76 Å². The van der Waals surface area contributed by atoms with E-state index in [0.717, 1.165) is 6.07 Å². The molecule has 1 aromatic carbocycles. The zero-order valence-corrected chi connectivity index (χ0v) is 19.9. The molecular weight excluding hydrogens is 496 g/mol. The number of piperidine rings is 1. The average Bonchev–Trinajstić information content (AvgIpc) is 3.41. The van der Waals surface area contributed by atoms with Crippen molar-refractivity contribution in [3.05, 3.63) is 54.0 Å². The van der Waals surface area contributed by atoms with Crippen molar-refractivity contribution in [1.82, 2.24) is 4.90 Å². The second-order valence-electron chi connectivity index (χ2n) is 9.53. The summed E-state index contributed by atoms with van der Waals surface area (Å²) in [6.07, 6.45) is 0.666. The number of carbonyl (C=O) groups is 3. The molecule has 12 heteroatoms. The minimum Gasteiger partial charge on any atom is -0.490 e. The molecule has 0 spiro atoms. The summed E-state index contributed by atoms with van der Waals surface area (Å²) in [4.78, 5) is 37.5. The number of ether oxygens (including phenoxy) is 2. The quantitative estimate of drug-likeness (QED) is 0.397. The van der Waals surface area contributed by atoms with Crippen LogP contribution >= 0.6 is 0 Å². The summed E-state index contributed by atoms with van der Waals surface area (Å²) in [7, 11) is 1.72. The number of aliphatic hydroxyl groups is 1. The Hall–Kier alpha value is -3.51. The first kappa shape index (κ1) is 26.6. The summed E-state index contributed by atoms with van der Waals surface area (Å²) < 4.78 is 45.3. The molecule has 37 heavy (non-hydrogen) atoms. The fraction of sp³-hybridized carbons (Fsp3) is 0.480. The molecule has 0 radical (unpaired) electrons. The molecule has 0 aliphatic carbocycles. The molecule has 5 atom stereocenters. The van der Waals surface area contributed by atoms with Crippen LogP contribution in [0.3, 0.4) is 0 Å². The number of rotatable bonds is 10. The van der Waals surface area contributed by atoms with Crippen LogP contribution in [0.4, 0.5) is 8.78 Å². The van der Waals surface area contributed by atoms with Gasteiger partial charge in [-0.1, -0.05) is 6.07 Å². The second kappa shape index (κ2) is 10.1. The van der Waals surface area contributed by atoms with Crippen LogP contribution < -0.4 is 4.74 Å². The van der Waals surface area contributed by atoms with Gasteiger partial charge in [0.2, 0.25) is 5.82 Å².